The van der Waals surface area contributed by atoms with Gasteiger partial charge in [-0.3, -0.25) is 4.79 Å². The van der Waals surface area contributed by atoms with Gasteiger partial charge in [0.2, 0.25) is 0 Å². The van der Waals surface area contributed by atoms with Gasteiger partial charge in [-0.1, -0.05) is 51.1 Å². The lowest BCUT2D eigenvalue weighted by Gasteiger charge is -2.11. The van der Waals surface area contributed by atoms with Crippen molar-refractivity contribution in [3.8, 4) is 11.1 Å². The van der Waals surface area contributed by atoms with Gasteiger partial charge in [-0.2, -0.15) is 0 Å². The van der Waals surface area contributed by atoms with E-state index in [2.05, 4.69) is 51.1 Å². The third kappa shape index (κ3) is 3.26. The van der Waals surface area contributed by atoms with Crippen molar-refractivity contribution in [2.75, 3.05) is 0 Å². The van der Waals surface area contributed by atoms with Gasteiger partial charge < -0.3 is 5.11 Å². The number of carbonyl (C=O) groups is 1. The van der Waals surface area contributed by atoms with Crippen LogP contribution in [-0.4, -0.2) is 11.1 Å². The molecule has 0 aromatic carbocycles. The molecule has 0 radical (unpaired) electrons. The van der Waals surface area contributed by atoms with E-state index in [0.29, 0.717) is 18.8 Å². The number of aryl methyl sites for hydroxylation is 1. The molecule has 0 aromatic rings. The number of carboxylic acid groups (broad SMARTS) is 1. The monoisotopic (exact) mass is 284 g/mol. The summed E-state index contributed by atoms with van der Waals surface area (Å²) in [6.45, 7) is 8.43. The van der Waals surface area contributed by atoms with Crippen molar-refractivity contribution in [3.63, 3.8) is 0 Å². The highest BCUT2D eigenvalue weighted by Crippen LogP contribution is 2.33. The lowest BCUT2D eigenvalue weighted by atomic mass is 9.94. The molecule has 0 bridgehead atoms. The SMILES string of the molecule is CCC(Cc1ccc(C(C)C)cc2c(C)ccc1-2)C(=O)O. The van der Waals surface area contributed by atoms with Gasteiger partial charge in [-0.25, -0.2) is 0 Å². The number of rotatable bonds is 5. The molecule has 0 spiro atoms. The Balaban J connectivity index is 2.51. The van der Waals surface area contributed by atoms with Crippen LogP contribution in [0.5, 0.6) is 0 Å². The second-order valence-corrected chi connectivity index (χ2v) is 6.15. The van der Waals surface area contributed by atoms with Crippen LogP contribution in [0.25, 0.3) is 11.1 Å². The van der Waals surface area contributed by atoms with Crippen LogP contribution in [0.4, 0.5) is 0 Å². The summed E-state index contributed by atoms with van der Waals surface area (Å²) >= 11 is 0. The second kappa shape index (κ2) is 6.30. The highest BCUT2D eigenvalue weighted by Gasteiger charge is 2.19. The van der Waals surface area contributed by atoms with Gasteiger partial charge in [0.15, 0.2) is 0 Å². The number of aliphatic carboxylic acids is 1. The van der Waals surface area contributed by atoms with Crippen molar-refractivity contribution < 1.29 is 9.90 Å². The van der Waals surface area contributed by atoms with Crippen molar-refractivity contribution in [1.29, 1.82) is 0 Å². The van der Waals surface area contributed by atoms with Crippen molar-refractivity contribution in [3.05, 3.63) is 47.0 Å². The number of hydrogen-bond donors (Lipinski definition) is 1. The molecule has 0 fully saturated rings. The molecule has 2 nitrogen and oxygen atoms in total. The Morgan fingerprint density at radius 1 is 1.14 bits per heavy atom. The Hall–Kier alpha value is -1.83. The maximum Gasteiger partial charge on any atom is 0.306 e. The molecule has 0 saturated heterocycles. The van der Waals surface area contributed by atoms with E-state index in [1.165, 1.54) is 22.3 Å². The second-order valence-electron chi connectivity index (χ2n) is 6.15. The average Bonchev–Trinajstić information content (AvgIpc) is 2.68. The van der Waals surface area contributed by atoms with E-state index in [0.717, 1.165) is 5.56 Å². The summed E-state index contributed by atoms with van der Waals surface area (Å²) in [5.41, 5.74) is 6.13. The Labute approximate surface area is 127 Å². The Bertz CT molecular complexity index is 613. The summed E-state index contributed by atoms with van der Waals surface area (Å²) in [6.07, 6.45) is 1.25. The van der Waals surface area contributed by atoms with Gasteiger partial charge in [0.1, 0.15) is 0 Å². The molecule has 112 valence electrons. The molecule has 21 heavy (non-hydrogen) atoms. The van der Waals surface area contributed by atoms with Crippen LogP contribution in [-0.2, 0) is 11.2 Å². The summed E-state index contributed by atoms with van der Waals surface area (Å²) in [5.74, 6) is -0.554. The first-order valence-electron chi connectivity index (χ1n) is 7.69. The number of hydrogen-bond acceptors (Lipinski definition) is 1. The van der Waals surface area contributed by atoms with Crippen LogP contribution in [0.2, 0.25) is 0 Å². The largest absolute Gasteiger partial charge is 0.481 e. The predicted molar refractivity (Wildman–Crippen MR) is 87.0 cm³/mol. The highest BCUT2D eigenvalue weighted by molar-refractivity contribution is 5.76. The summed E-state index contributed by atoms with van der Waals surface area (Å²) < 4.78 is 0. The van der Waals surface area contributed by atoms with Crippen LogP contribution in [0.3, 0.4) is 0 Å². The van der Waals surface area contributed by atoms with Gasteiger partial charge in [0.25, 0.3) is 0 Å². The Kier molecular flexibility index (Phi) is 4.66. The molecule has 0 saturated carbocycles. The number of fused-ring (bicyclic) bond motifs is 1. The topological polar surface area (TPSA) is 37.3 Å². The molecule has 1 N–H and O–H groups in total. The maximum absolute atomic E-state index is 11.3. The minimum atomic E-state index is -0.704. The summed E-state index contributed by atoms with van der Waals surface area (Å²) in [5, 5.41) is 9.32. The fourth-order valence-electron chi connectivity index (χ4n) is 2.78. The fraction of sp³-hybridized carbons (Fsp3) is 0.421. The van der Waals surface area contributed by atoms with Crippen molar-refractivity contribution in [2.24, 2.45) is 5.92 Å². The molecule has 0 aliphatic heterocycles. The average molecular weight is 284 g/mol. The fourth-order valence-corrected chi connectivity index (χ4v) is 2.78. The zero-order valence-corrected chi connectivity index (χ0v) is 13.3. The first-order valence-corrected chi connectivity index (χ1v) is 7.69. The molecule has 1 unspecified atom stereocenters. The Morgan fingerprint density at radius 2 is 1.86 bits per heavy atom. The Morgan fingerprint density at radius 3 is 2.43 bits per heavy atom. The third-order valence-electron chi connectivity index (χ3n) is 4.32. The molecule has 1 atom stereocenters. The van der Waals surface area contributed by atoms with Gasteiger partial charge in [-0.05, 0) is 53.5 Å². The molecule has 2 heteroatoms. The quantitative estimate of drug-likeness (QED) is 0.850. The molecule has 2 rings (SSSR count). The van der Waals surface area contributed by atoms with Crippen molar-refractivity contribution >= 4 is 5.97 Å². The lowest BCUT2D eigenvalue weighted by molar-refractivity contribution is -0.141. The highest BCUT2D eigenvalue weighted by atomic mass is 16.4. The molecule has 0 amide bonds. The van der Waals surface area contributed by atoms with E-state index in [1.54, 1.807) is 0 Å². The first kappa shape index (κ1) is 15.6. The van der Waals surface area contributed by atoms with E-state index in [-0.39, 0.29) is 5.92 Å². The molecular formula is C19H24O2. The van der Waals surface area contributed by atoms with E-state index in [9.17, 15) is 9.90 Å². The van der Waals surface area contributed by atoms with Gasteiger partial charge in [-0.15, -0.1) is 0 Å². The van der Waals surface area contributed by atoms with E-state index in [4.69, 9.17) is 0 Å². The van der Waals surface area contributed by atoms with Crippen LogP contribution in [0.1, 0.15) is 49.8 Å². The van der Waals surface area contributed by atoms with Crippen LogP contribution in [0.15, 0.2) is 30.3 Å². The van der Waals surface area contributed by atoms with Gasteiger partial charge in [0, 0.05) is 0 Å². The maximum atomic E-state index is 11.3. The zero-order valence-electron chi connectivity index (χ0n) is 13.3. The van der Waals surface area contributed by atoms with Crippen LogP contribution in [0, 0.1) is 12.8 Å². The third-order valence-corrected chi connectivity index (χ3v) is 4.32. The van der Waals surface area contributed by atoms with Gasteiger partial charge >= 0.3 is 5.97 Å². The standard InChI is InChI=1S/C19H24O2/c1-5-14(19(20)21)10-16-8-7-15(12(2)3)11-18-13(4)6-9-17(16)18/h6-9,11-12,14H,5,10H2,1-4H3,(H,20,21). The molecular weight excluding hydrogens is 260 g/mol. The normalized spacial score (nSPS) is 12.8. The molecule has 2 aliphatic carbocycles. The van der Waals surface area contributed by atoms with Gasteiger partial charge in [0.05, 0.1) is 5.92 Å². The van der Waals surface area contributed by atoms with E-state index in [1.807, 2.05) is 6.92 Å². The zero-order chi connectivity index (χ0) is 15.6. The predicted octanol–water partition coefficient (Wildman–Crippen LogP) is 4.88. The number of carboxylic acids is 1. The smallest absolute Gasteiger partial charge is 0.306 e. The lowest BCUT2D eigenvalue weighted by Crippen LogP contribution is -2.15. The minimum absolute atomic E-state index is 0.312. The minimum Gasteiger partial charge on any atom is -0.481 e. The summed E-state index contributed by atoms with van der Waals surface area (Å²) in [6, 6.07) is 10.8. The van der Waals surface area contributed by atoms with Crippen molar-refractivity contribution in [2.45, 2.75) is 46.5 Å². The van der Waals surface area contributed by atoms with E-state index >= 15 is 0 Å². The first-order chi connectivity index (χ1) is 9.93. The van der Waals surface area contributed by atoms with Crippen LogP contribution >= 0.6 is 0 Å². The van der Waals surface area contributed by atoms with Crippen LogP contribution < -0.4 is 0 Å². The molecule has 2 aliphatic rings. The summed E-state index contributed by atoms with van der Waals surface area (Å²) in [7, 11) is 0. The van der Waals surface area contributed by atoms with E-state index < -0.39 is 5.97 Å². The van der Waals surface area contributed by atoms with Crippen molar-refractivity contribution in [1.82, 2.24) is 0 Å². The molecule has 0 aromatic heterocycles. The molecule has 0 heterocycles. The summed E-state index contributed by atoms with van der Waals surface area (Å²) in [4.78, 5) is 11.3.